The third kappa shape index (κ3) is 5.95. The van der Waals surface area contributed by atoms with E-state index >= 15 is 0 Å². The van der Waals surface area contributed by atoms with Crippen molar-refractivity contribution >= 4 is 27.6 Å². The largest absolute Gasteiger partial charge is 0.0622 e. The Morgan fingerprint density at radius 1 is 0.562 bits per heavy atom. The van der Waals surface area contributed by atoms with Crippen LogP contribution in [0.3, 0.4) is 0 Å². The molecule has 0 atom stereocenters. The fourth-order valence-electron chi connectivity index (χ4n) is 1.26. The van der Waals surface area contributed by atoms with E-state index in [1.54, 1.807) is 0 Å². The van der Waals surface area contributed by atoms with E-state index < -0.39 is 15.2 Å². The fraction of sp³-hybridized carbons (Fsp3) is 0. The summed E-state index contributed by atoms with van der Waals surface area (Å²) in [6.07, 6.45) is 0. The molecule has 0 aliphatic rings. The van der Waals surface area contributed by atoms with Gasteiger partial charge in [-0.25, -0.2) is 0 Å². The van der Waals surface area contributed by atoms with Crippen LogP contribution in [0, 0.1) is 0 Å². The SMILES string of the molecule is [Cl][Au]([Cl])[Cl].c1ccc(-c2ccccc2)cc1. The molecule has 0 aliphatic carbocycles. The molecule has 0 spiro atoms. The summed E-state index contributed by atoms with van der Waals surface area (Å²) in [6, 6.07) is 20.8. The zero-order valence-electron chi connectivity index (χ0n) is 8.21. The standard InChI is InChI=1S/C12H10.Au.3ClH/c1-3-7-11(8-4-1)12-9-5-2-6-10-12;;;;/h1-10H;;3*1H/q;+3;;;/p-3. The Bertz CT molecular complexity index is 349. The summed E-state index contributed by atoms with van der Waals surface area (Å²) in [5.41, 5.74) is 2.55. The van der Waals surface area contributed by atoms with Crippen LogP contribution in [0.2, 0.25) is 0 Å². The van der Waals surface area contributed by atoms with Gasteiger partial charge < -0.3 is 0 Å². The summed E-state index contributed by atoms with van der Waals surface area (Å²) in [4.78, 5) is 0. The summed E-state index contributed by atoms with van der Waals surface area (Å²) < 4.78 is 0. The van der Waals surface area contributed by atoms with Crippen molar-refractivity contribution in [2.45, 2.75) is 0 Å². The molecule has 0 amide bonds. The average Bonchev–Trinajstić information content (AvgIpc) is 2.31. The molecule has 2 aromatic rings. The van der Waals surface area contributed by atoms with Gasteiger partial charge in [0.15, 0.2) is 0 Å². The molecular formula is C12H10AuCl3. The van der Waals surface area contributed by atoms with Crippen LogP contribution in [-0.2, 0) is 15.2 Å². The third-order valence-electron chi connectivity index (χ3n) is 1.88. The second-order valence-corrected chi connectivity index (χ2v) is 12.3. The molecule has 4 heteroatoms. The predicted molar refractivity (Wildman–Crippen MR) is 69.4 cm³/mol. The van der Waals surface area contributed by atoms with Gasteiger partial charge in [0.25, 0.3) is 0 Å². The van der Waals surface area contributed by atoms with E-state index in [4.69, 9.17) is 27.6 Å². The smallest absolute Gasteiger partial charge is 0.0184 e. The van der Waals surface area contributed by atoms with Gasteiger partial charge in [-0.3, -0.25) is 0 Å². The Balaban J connectivity index is 0.000000280. The van der Waals surface area contributed by atoms with E-state index in [1.165, 1.54) is 11.1 Å². The molecule has 0 saturated heterocycles. The zero-order chi connectivity index (χ0) is 11.8. The van der Waals surface area contributed by atoms with Gasteiger partial charge in [-0.15, -0.1) is 0 Å². The Kier molecular flexibility index (Phi) is 7.22. The molecule has 16 heavy (non-hydrogen) atoms. The second-order valence-electron chi connectivity index (χ2n) is 2.86. The van der Waals surface area contributed by atoms with Crippen molar-refractivity contribution in [2.24, 2.45) is 0 Å². The van der Waals surface area contributed by atoms with E-state index in [2.05, 4.69) is 48.5 Å². The van der Waals surface area contributed by atoms with Crippen molar-refractivity contribution < 1.29 is 15.2 Å². The molecule has 2 aromatic carbocycles. The third-order valence-corrected chi connectivity index (χ3v) is 1.88. The first-order chi connectivity index (χ1) is 7.70. The van der Waals surface area contributed by atoms with Crippen LogP contribution in [0.1, 0.15) is 0 Å². The van der Waals surface area contributed by atoms with Crippen LogP contribution in [0.25, 0.3) is 11.1 Å². The molecule has 90 valence electrons. The first kappa shape index (κ1) is 14.1. The van der Waals surface area contributed by atoms with Gasteiger partial charge in [0.05, 0.1) is 0 Å². The Hall–Kier alpha value is 0.0503. The van der Waals surface area contributed by atoms with Gasteiger partial charge in [-0.1, -0.05) is 60.7 Å². The van der Waals surface area contributed by atoms with Crippen LogP contribution in [-0.4, -0.2) is 0 Å². The maximum atomic E-state index is 4.95. The molecule has 0 fully saturated rings. The molecule has 0 N–H and O–H groups in total. The number of hydrogen-bond donors (Lipinski definition) is 0. The van der Waals surface area contributed by atoms with Crippen molar-refractivity contribution in [2.75, 3.05) is 0 Å². The van der Waals surface area contributed by atoms with Gasteiger partial charge >= 0.3 is 42.8 Å². The van der Waals surface area contributed by atoms with Crippen molar-refractivity contribution in [3.63, 3.8) is 0 Å². The second kappa shape index (κ2) is 8.19. The number of rotatable bonds is 1. The molecule has 2 rings (SSSR count). The number of benzene rings is 2. The molecular weight excluding hydrogens is 447 g/mol. The molecule has 0 nitrogen and oxygen atoms in total. The van der Waals surface area contributed by atoms with Gasteiger partial charge in [-0.2, -0.15) is 0 Å². The minimum absolute atomic E-state index is 1.28. The van der Waals surface area contributed by atoms with E-state index in [9.17, 15) is 0 Å². The summed E-state index contributed by atoms with van der Waals surface area (Å²) in [5.74, 6) is 0. The van der Waals surface area contributed by atoms with Crippen molar-refractivity contribution in [1.82, 2.24) is 0 Å². The van der Waals surface area contributed by atoms with Crippen molar-refractivity contribution in [3.8, 4) is 11.1 Å². The molecule has 0 aliphatic heterocycles. The average molecular weight is 458 g/mol. The molecule has 0 unspecified atom stereocenters. The monoisotopic (exact) mass is 456 g/mol. The number of halogens is 3. The van der Waals surface area contributed by atoms with E-state index in [0.717, 1.165) is 0 Å². The van der Waals surface area contributed by atoms with Crippen LogP contribution < -0.4 is 0 Å². The van der Waals surface area contributed by atoms with Crippen molar-refractivity contribution in [1.29, 1.82) is 0 Å². The summed E-state index contributed by atoms with van der Waals surface area (Å²) in [6.45, 7) is 0. The topological polar surface area (TPSA) is 0 Å². The molecule has 0 bridgehead atoms. The predicted octanol–water partition coefficient (Wildman–Crippen LogP) is 5.42. The fourth-order valence-corrected chi connectivity index (χ4v) is 1.26. The Morgan fingerprint density at radius 3 is 1.06 bits per heavy atom. The zero-order valence-corrected chi connectivity index (χ0v) is 12.6. The van der Waals surface area contributed by atoms with E-state index in [0.29, 0.717) is 0 Å². The Morgan fingerprint density at radius 2 is 0.812 bits per heavy atom. The summed E-state index contributed by atoms with van der Waals surface area (Å²) >= 11 is -1.79. The molecule has 0 saturated carbocycles. The molecule has 0 radical (unpaired) electrons. The van der Waals surface area contributed by atoms with E-state index in [1.807, 2.05) is 12.1 Å². The summed E-state index contributed by atoms with van der Waals surface area (Å²) in [7, 11) is 14.9. The first-order valence-corrected chi connectivity index (χ1v) is 12.5. The van der Waals surface area contributed by atoms with E-state index in [-0.39, 0.29) is 0 Å². The number of hydrogen-bond acceptors (Lipinski definition) is 0. The van der Waals surface area contributed by atoms with Gasteiger partial charge in [-0.05, 0) is 11.1 Å². The molecule has 0 heterocycles. The van der Waals surface area contributed by atoms with Crippen LogP contribution in [0.5, 0.6) is 0 Å². The quantitative estimate of drug-likeness (QED) is 0.502. The normalized spacial score (nSPS) is 10.1. The maximum absolute atomic E-state index is 4.95. The van der Waals surface area contributed by atoms with Crippen LogP contribution in [0.4, 0.5) is 0 Å². The van der Waals surface area contributed by atoms with Crippen LogP contribution in [0.15, 0.2) is 60.7 Å². The van der Waals surface area contributed by atoms with Gasteiger partial charge in [0, 0.05) is 0 Å². The minimum atomic E-state index is -1.79. The van der Waals surface area contributed by atoms with Crippen molar-refractivity contribution in [3.05, 3.63) is 60.7 Å². The van der Waals surface area contributed by atoms with Gasteiger partial charge in [0.2, 0.25) is 0 Å². The molecule has 0 aromatic heterocycles. The Labute approximate surface area is 114 Å². The minimum Gasteiger partial charge on any atom is -0.0622 e. The summed E-state index contributed by atoms with van der Waals surface area (Å²) in [5, 5.41) is 0. The maximum Gasteiger partial charge on any atom is -0.0184 e. The van der Waals surface area contributed by atoms with Gasteiger partial charge in [0.1, 0.15) is 0 Å². The van der Waals surface area contributed by atoms with Crippen LogP contribution >= 0.6 is 27.6 Å². The first-order valence-electron chi connectivity index (χ1n) is 4.41.